The molecule has 0 saturated carbocycles. The summed E-state index contributed by atoms with van der Waals surface area (Å²) in [5.74, 6) is -2.64. The minimum Gasteiger partial charge on any atom is -0.451 e. The van der Waals surface area contributed by atoms with Gasteiger partial charge < -0.3 is 9.73 Å². The van der Waals surface area contributed by atoms with Gasteiger partial charge >= 0.3 is 0 Å². The van der Waals surface area contributed by atoms with E-state index in [1.807, 2.05) is 12.1 Å². The number of hydrogen-bond donors (Lipinski definition) is 2. The molecule has 0 spiro atoms. The Bertz CT molecular complexity index is 1290. The van der Waals surface area contributed by atoms with Gasteiger partial charge in [0.1, 0.15) is 11.6 Å². The predicted octanol–water partition coefficient (Wildman–Crippen LogP) is 1.76. The highest BCUT2D eigenvalue weighted by Crippen LogP contribution is 2.30. The molecule has 5 amide bonds. The van der Waals surface area contributed by atoms with E-state index in [4.69, 9.17) is 4.42 Å². The zero-order chi connectivity index (χ0) is 22.4. The Morgan fingerprint density at radius 1 is 1.06 bits per heavy atom. The maximum Gasteiger partial charge on any atom is 0.287 e. The van der Waals surface area contributed by atoms with Gasteiger partial charge in [-0.05, 0) is 30.2 Å². The molecule has 2 aliphatic rings. The van der Waals surface area contributed by atoms with E-state index < -0.39 is 35.6 Å². The van der Waals surface area contributed by atoms with Crippen LogP contribution in [0.1, 0.15) is 49.7 Å². The van der Waals surface area contributed by atoms with Crippen molar-refractivity contribution in [1.29, 1.82) is 0 Å². The van der Waals surface area contributed by atoms with Crippen molar-refractivity contribution in [2.45, 2.75) is 25.4 Å². The number of carbonyl (C=O) groups is 5. The van der Waals surface area contributed by atoms with Gasteiger partial charge in [0, 0.05) is 18.4 Å². The van der Waals surface area contributed by atoms with Crippen LogP contribution < -0.4 is 10.6 Å². The summed E-state index contributed by atoms with van der Waals surface area (Å²) in [7, 11) is 0. The molecule has 0 radical (unpaired) electrons. The second-order valence-corrected chi connectivity index (χ2v) is 7.62. The Labute approximate surface area is 181 Å². The Morgan fingerprint density at radius 2 is 1.88 bits per heavy atom. The molecule has 160 valence electrons. The molecule has 1 unspecified atom stereocenters. The third-order valence-corrected chi connectivity index (χ3v) is 5.64. The largest absolute Gasteiger partial charge is 0.451 e. The van der Waals surface area contributed by atoms with Crippen LogP contribution in [-0.2, 0) is 16.1 Å². The van der Waals surface area contributed by atoms with Crippen LogP contribution in [0.4, 0.5) is 0 Å². The van der Waals surface area contributed by atoms with E-state index in [0.29, 0.717) is 11.1 Å². The molecule has 32 heavy (non-hydrogen) atoms. The Balaban J connectivity index is 1.37. The number of nitrogens with zero attached hydrogens (tertiary/aromatic N) is 1. The lowest BCUT2D eigenvalue weighted by Gasteiger charge is -2.27. The van der Waals surface area contributed by atoms with Gasteiger partial charge in [-0.1, -0.05) is 30.3 Å². The van der Waals surface area contributed by atoms with Crippen molar-refractivity contribution in [3.05, 3.63) is 71.0 Å². The fourth-order valence-electron chi connectivity index (χ4n) is 4.09. The zero-order valence-electron chi connectivity index (χ0n) is 16.7. The molecule has 2 N–H and O–H groups in total. The number of para-hydroxylation sites is 1. The molecule has 9 heteroatoms. The molecule has 1 atom stereocenters. The zero-order valence-corrected chi connectivity index (χ0v) is 16.7. The number of fused-ring (bicyclic) bond motifs is 2. The minimum atomic E-state index is -1.04. The quantitative estimate of drug-likeness (QED) is 0.607. The van der Waals surface area contributed by atoms with Gasteiger partial charge in [-0.15, -0.1) is 0 Å². The number of carbonyl (C=O) groups excluding carboxylic acids is 5. The lowest BCUT2D eigenvalue weighted by atomic mass is 10.0. The molecule has 2 aromatic carbocycles. The summed E-state index contributed by atoms with van der Waals surface area (Å²) in [5.41, 5.74) is 1.33. The van der Waals surface area contributed by atoms with Crippen molar-refractivity contribution < 1.29 is 28.4 Å². The molecule has 9 nitrogen and oxygen atoms in total. The van der Waals surface area contributed by atoms with Crippen LogP contribution in [0.2, 0.25) is 0 Å². The first-order valence-corrected chi connectivity index (χ1v) is 10.0. The molecule has 5 rings (SSSR count). The summed E-state index contributed by atoms with van der Waals surface area (Å²) in [6.45, 7) is -0.0126. The smallest absolute Gasteiger partial charge is 0.287 e. The third-order valence-electron chi connectivity index (χ3n) is 5.64. The molecule has 0 bridgehead atoms. The van der Waals surface area contributed by atoms with Gasteiger partial charge in [-0.25, -0.2) is 0 Å². The minimum absolute atomic E-state index is 0.0126. The topological polar surface area (TPSA) is 126 Å². The SMILES string of the molecule is O=C1CCC(N2C(=O)c3cccc(CNC(=O)c4cc5ccccc5o4)c3C2=O)C(=O)N1. The predicted molar refractivity (Wildman–Crippen MR) is 110 cm³/mol. The van der Waals surface area contributed by atoms with E-state index in [-0.39, 0.29) is 36.3 Å². The fourth-order valence-corrected chi connectivity index (χ4v) is 4.09. The van der Waals surface area contributed by atoms with Crippen LogP contribution in [0.15, 0.2) is 52.9 Å². The summed E-state index contributed by atoms with van der Waals surface area (Å²) in [5, 5.41) is 5.67. The molecule has 1 fully saturated rings. The first kappa shape index (κ1) is 19.7. The van der Waals surface area contributed by atoms with Crippen molar-refractivity contribution in [3.63, 3.8) is 0 Å². The van der Waals surface area contributed by atoms with E-state index in [1.54, 1.807) is 30.3 Å². The molecular weight excluding hydrogens is 414 g/mol. The lowest BCUT2D eigenvalue weighted by Crippen LogP contribution is -2.54. The number of benzene rings is 2. The van der Waals surface area contributed by atoms with Crippen molar-refractivity contribution >= 4 is 40.5 Å². The fraction of sp³-hybridized carbons (Fsp3) is 0.174. The van der Waals surface area contributed by atoms with Gasteiger partial charge in [0.2, 0.25) is 11.8 Å². The van der Waals surface area contributed by atoms with Crippen LogP contribution in [0.3, 0.4) is 0 Å². The molecule has 3 heterocycles. The molecule has 3 aromatic rings. The van der Waals surface area contributed by atoms with Crippen molar-refractivity contribution in [3.8, 4) is 0 Å². The third kappa shape index (κ3) is 3.15. The van der Waals surface area contributed by atoms with Gasteiger partial charge in [-0.3, -0.25) is 34.2 Å². The van der Waals surface area contributed by atoms with Gasteiger partial charge in [-0.2, -0.15) is 0 Å². The van der Waals surface area contributed by atoms with E-state index in [9.17, 15) is 24.0 Å². The number of imide groups is 2. The second kappa shape index (κ2) is 7.45. The van der Waals surface area contributed by atoms with E-state index in [1.165, 1.54) is 6.07 Å². The van der Waals surface area contributed by atoms with E-state index >= 15 is 0 Å². The van der Waals surface area contributed by atoms with Crippen molar-refractivity contribution in [1.82, 2.24) is 15.5 Å². The molecule has 2 aliphatic heterocycles. The maximum atomic E-state index is 13.1. The van der Waals surface area contributed by atoms with Gasteiger partial charge in [0.05, 0.1) is 11.1 Å². The lowest BCUT2D eigenvalue weighted by molar-refractivity contribution is -0.136. The van der Waals surface area contributed by atoms with Crippen LogP contribution in [0.25, 0.3) is 11.0 Å². The van der Waals surface area contributed by atoms with E-state index in [2.05, 4.69) is 10.6 Å². The second-order valence-electron chi connectivity index (χ2n) is 7.62. The first-order chi connectivity index (χ1) is 15.4. The number of rotatable bonds is 4. The van der Waals surface area contributed by atoms with Crippen LogP contribution in [0, 0.1) is 0 Å². The summed E-state index contributed by atoms with van der Waals surface area (Å²) in [4.78, 5) is 63.1. The molecule has 1 saturated heterocycles. The normalized spacial score (nSPS) is 18.1. The molecule has 1 aromatic heterocycles. The average Bonchev–Trinajstić information content (AvgIpc) is 3.32. The standard InChI is InChI=1S/C23H17N3O6/c27-18-9-8-15(20(28)25-18)26-22(30)14-6-3-5-13(19(14)23(26)31)11-24-21(29)17-10-12-4-1-2-7-16(12)32-17/h1-7,10,15H,8-9,11H2,(H,24,29)(H,25,27,28). The van der Waals surface area contributed by atoms with Crippen LogP contribution >= 0.6 is 0 Å². The van der Waals surface area contributed by atoms with Crippen LogP contribution in [0.5, 0.6) is 0 Å². The number of piperidine rings is 1. The highest BCUT2D eigenvalue weighted by Gasteiger charge is 2.45. The monoisotopic (exact) mass is 431 g/mol. The number of hydrogen-bond acceptors (Lipinski definition) is 6. The maximum absolute atomic E-state index is 13.1. The van der Waals surface area contributed by atoms with Gasteiger partial charge in [0.15, 0.2) is 5.76 Å². The van der Waals surface area contributed by atoms with Gasteiger partial charge in [0.25, 0.3) is 17.7 Å². The number of amides is 5. The average molecular weight is 431 g/mol. The Hall–Kier alpha value is -4.27. The summed E-state index contributed by atoms with van der Waals surface area (Å²) in [6.07, 6.45) is 0.123. The highest BCUT2D eigenvalue weighted by molar-refractivity contribution is 6.24. The van der Waals surface area contributed by atoms with Crippen molar-refractivity contribution in [2.24, 2.45) is 0 Å². The summed E-state index contributed by atoms with van der Waals surface area (Å²) < 4.78 is 5.55. The Morgan fingerprint density at radius 3 is 2.66 bits per heavy atom. The van der Waals surface area contributed by atoms with Crippen LogP contribution in [-0.4, -0.2) is 40.5 Å². The number of nitrogens with one attached hydrogen (secondary N) is 2. The Kier molecular flexibility index (Phi) is 4.58. The number of furan rings is 1. The highest BCUT2D eigenvalue weighted by atomic mass is 16.3. The van der Waals surface area contributed by atoms with Crippen molar-refractivity contribution in [2.75, 3.05) is 0 Å². The van der Waals surface area contributed by atoms with E-state index in [0.717, 1.165) is 10.3 Å². The summed E-state index contributed by atoms with van der Waals surface area (Å²) >= 11 is 0. The molecular formula is C23H17N3O6. The molecule has 0 aliphatic carbocycles. The first-order valence-electron chi connectivity index (χ1n) is 10.0. The summed E-state index contributed by atoms with van der Waals surface area (Å²) in [6, 6.07) is 12.6.